The zero-order valence-corrected chi connectivity index (χ0v) is 22.0. The van der Waals surface area contributed by atoms with Gasteiger partial charge in [-0.1, -0.05) is 30.6 Å². The first kappa shape index (κ1) is 24.1. The number of anilines is 2. The minimum atomic E-state index is 0.448. The van der Waals surface area contributed by atoms with E-state index in [1.807, 2.05) is 36.5 Å². The Morgan fingerprint density at radius 2 is 1.84 bits per heavy atom. The number of morpholine rings is 1. The number of nitrogens with zero attached hydrogens (tertiary/aromatic N) is 4. The lowest BCUT2D eigenvalue weighted by molar-refractivity contribution is 0.122. The third kappa shape index (κ3) is 5.70. The molecular formula is C29H33N5O2S. The van der Waals surface area contributed by atoms with Crippen molar-refractivity contribution in [2.24, 2.45) is 5.92 Å². The van der Waals surface area contributed by atoms with E-state index in [9.17, 15) is 0 Å². The summed E-state index contributed by atoms with van der Waals surface area (Å²) in [7, 11) is 0. The first-order chi connectivity index (χ1) is 18.2. The van der Waals surface area contributed by atoms with Gasteiger partial charge in [-0.15, -0.1) is 0 Å². The van der Waals surface area contributed by atoms with Crippen LogP contribution in [-0.4, -0.2) is 47.3 Å². The summed E-state index contributed by atoms with van der Waals surface area (Å²) in [6.07, 6.45) is 10.4. The van der Waals surface area contributed by atoms with Crippen LogP contribution in [0.4, 0.5) is 10.9 Å². The fourth-order valence-electron chi connectivity index (χ4n) is 5.26. The predicted molar refractivity (Wildman–Crippen MR) is 150 cm³/mol. The number of hydrogen-bond donors (Lipinski definition) is 1. The fourth-order valence-corrected chi connectivity index (χ4v) is 6.25. The van der Waals surface area contributed by atoms with Gasteiger partial charge in [-0.05, 0) is 56.0 Å². The normalized spacial score (nSPS) is 17.6. The minimum Gasteiger partial charge on any atom is -0.457 e. The molecule has 1 N–H and O–H groups in total. The Bertz CT molecular complexity index is 1330. The summed E-state index contributed by atoms with van der Waals surface area (Å²) in [6.45, 7) is 5.53. The molecule has 3 aromatic heterocycles. The Kier molecular flexibility index (Phi) is 7.19. The fraction of sp³-hybridized carbons (Fsp3) is 0.414. The second-order valence-electron chi connectivity index (χ2n) is 9.96. The Labute approximate surface area is 221 Å². The van der Waals surface area contributed by atoms with Crippen LogP contribution in [0.15, 0.2) is 54.9 Å². The highest BCUT2D eigenvalue weighted by Crippen LogP contribution is 2.34. The monoisotopic (exact) mass is 515 g/mol. The van der Waals surface area contributed by atoms with E-state index in [1.165, 1.54) is 32.1 Å². The van der Waals surface area contributed by atoms with E-state index in [-0.39, 0.29) is 0 Å². The third-order valence-corrected chi connectivity index (χ3v) is 8.36. The molecule has 0 spiro atoms. The number of rotatable bonds is 7. The molecule has 0 radical (unpaired) electrons. The van der Waals surface area contributed by atoms with Crippen molar-refractivity contribution in [3.8, 4) is 22.8 Å². The number of hydrogen-bond acceptors (Lipinski definition) is 8. The van der Waals surface area contributed by atoms with Gasteiger partial charge in [0.1, 0.15) is 17.3 Å². The van der Waals surface area contributed by atoms with Crippen molar-refractivity contribution in [1.29, 1.82) is 0 Å². The van der Waals surface area contributed by atoms with E-state index in [0.717, 1.165) is 76.1 Å². The number of aromatic nitrogens is 3. The van der Waals surface area contributed by atoms with Crippen molar-refractivity contribution in [2.45, 2.75) is 45.1 Å². The molecule has 1 saturated heterocycles. The molecule has 4 heterocycles. The maximum Gasteiger partial charge on any atom is 0.184 e. The zero-order chi connectivity index (χ0) is 25.0. The minimum absolute atomic E-state index is 0.448. The summed E-state index contributed by atoms with van der Waals surface area (Å²) in [5.41, 5.74) is 2.79. The van der Waals surface area contributed by atoms with Crippen molar-refractivity contribution in [3.63, 3.8) is 0 Å². The molecule has 2 fully saturated rings. The lowest BCUT2D eigenvalue weighted by atomic mass is 9.85. The standard InChI is InChI=1S/C29H33N5O2S/c1-20(21-5-3-2-4-6-21)32-29-33-25-9-8-23(18-27(25)37-29)36-24-11-12-30-26(17-24)22-7-10-28(31-19-22)34-13-15-35-16-14-34/h7-12,17-21H,2-6,13-16H2,1H3,(H,32,33)/t20-/m0/s1. The second kappa shape index (κ2) is 11.0. The summed E-state index contributed by atoms with van der Waals surface area (Å²) in [6, 6.07) is 14.5. The molecule has 37 heavy (non-hydrogen) atoms. The van der Waals surface area contributed by atoms with Crippen LogP contribution in [-0.2, 0) is 4.74 Å². The SMILES string of the molecule is C[C@H](Nc1nc2ccc(Oc3ccnc(-c4ccc(N5CCOCC5)nc4)c3)cc2s1)C1CCCCC1. The molecule has 1 aromatic carbocycles. The summed E-state index contributed by atoms with van der Waals surface area (Å²) in [4.78, 5) is 16.3. The number of ether oxygens (including phenoxy) is 2. The Morgan fingerprint density at radius 3 is 2.65 bits per heavy atom. The van der Waals surface area contributed by atoms with Crippen LogP contribution in [0.25, 0.3) is 21.5 Å². The molecule has 1 saturated carbocycles. The molecule has 6 rings (SSSR count). The molecule has 4 aromatic rings. The lowest BCUT2D eigenvalue weighted by Gasteiger charge is -2.28. The first-order valence-electron chi connectivity index (χ1n) is 13.3. The highest BCUT2D eigenvalue weighted by atomic mass is 32.1. The smallest absolute Gasteiger partial charge is 0.184 e. The van der Waals surface area contributed by atoms with Crippen molar-refractivity contribution < 1.29 is 9.47 Å². The highest BCUT2D eigenvalue weighted by Gasteiger charge is 2.21. The number of thiazole rings is 1. The largest absolute Gasteiger partial charge is 0.457 e. The topological polar surface area (TPSA) is 72.4 Å². The van der Waals surface area contributed by atoms with Crippen molar-refractivity contribution >= 4 is 32.5 Å². The average molecular weight is 516 g/mol. The Balaban J connectivity index is 1.14. The highest BCUT2D eigenvalue weighted by molar-refractivity contribution is 7.22. The van der Waals surface area contributed by atoms with Crippen LogP contribution in [0.5, 0.6) is 11.5 Å². The Morgan fingerprint density at radius 1 is 1.00 bits per heavy atom. The van der Waals surface area contributed by atoms with Crippen LogP contribution in [0.1, 0.15) is 39.0 Å². The summed E-state index contributed by atoms with van der Waals surface area (Å²) >= 11 is 1.69. The van der Waals surface area contributed by atoms with Crippen LogP contribution >= 0.6 is 11.3 Å². The molecule has 0 unspecified atom stereocenters. The zero-order valence-electron chi connectivity index (χ0n) is 21.2. The van der Waals surface area contributed by atoms with Gasteiger partial charge in [0.05, 0.1) is 29.1 Å². The van der Waals surface area contributed by atoms with E-state index in [0.29, 0.717) is 6.04 Å². The number of pyridine rings is 2. The maximum absolute atomic E-state index is 6.23. The average Bonchev–Trinajstić information content (AvgIpc) is 3.36. The number of fused-ring (bicyclic) bond motifs is 1. The first-order valence-corrected chi connectivity index (χ1v) is 14.1. The van der Waals surface area contributed by atoms with Gasteiger partial charge in [-0.25, -0.2) is 9.97 Å². The molecule has 1 aliphatic carbocycles. The molecule has 0 amide bonds. The molecule has 1 aliphatic heterocycles. The van der Waals surface area contributed by atoms with E-state index < -0.39 is 0 Å². The van der Waals surface area contributed by atoms with Gasteiger partial charge in [-0.3, -0.25) is 4.98 Å². The van der Waals surface area contributed by atoms with Crippen LogP contribution in [0, 0.1) is 5.92 Å². The summed E-state index contributed by atoms with van der Waals surface area (Å²) < 4.78 is 12.8. The van der Waals surface area contributed by atoms with Gasteiger partial charge >= 0.3 is 0 Å². The Hall–Kier alpha value is -3.23. The molecule has 0 bridgehead atoms. The van der Waals surface area contributed by atoms with Gasteiger partial charge in [0.15, 0.2) is 5.13 Å². The molecular weight excluding hydrogens is 482 g/mol. The summed E-state index contributed by atoms with van der Waals surface area (Å²) in [5, 5.41) is 4.65. The van der Waals surface area contributed by atoms with Gasteiger partial charge in [0, 0.05) is 49.2 Å². The van der Waals surface area contributed by atoms with Crippen LogP contribution in [0.2, 0.25) is 0 Å². The molecule has 8 heteroatoms. The predicted octanol–water partition coefficient (Wildman–Crippen LogP) is 6.76. The second-order valence-corrected chi connectivity index (χ2v) is 11.0. The van der Waals surface area contributed by atoms with Gasteiger partial charge in [0.25, 0.3) is 0 Å². The molecule has 2 aliphatic rings. The van der Waals surface area contributed by atoms with E-state index in [2.05, 4.69) is 39.2 Å². The van der Waals surface area contributed by atoms with Gasteiger partial charge in [0.2, 0.25) is 0 Å². The van der Waals surface area contributed by atoms with Crippen LogP contribution < -0.4 is 15.0 Å². The van der Waals surface area contributed by atoms with E-state index >= 15 is 0 Å². The quantitative estimate of drug-likeness (QED) is 0.291. The number of nitrogens with one attached hydrogen (secondary N) is 1. The third-order valence-electron chi connectivity index (χ3n) is 7.41. The van der Waals surface area contributed by atoms with Gasteiger partial charge in [-0.2, -0.15) is 0 Å². The molecule has 1 atom stereocenters. The maximum atomic E-state index is 6.23. The lowest BCUT2D eigenvalue weighted by Crippen LogP contribution is -2.36. The van der Waals surface area contributed by atoms with E-state index in [4.69, 9.17) is 14.5 Å². The van der Waals surface area contributed by atoms with Crippen molar-refractivity contribution in [3.05, 3.63) is 54.9 Å². The summed E-state index contributed by atoms with van der Waals surface area (Å²) in [5.74, 6) is 3.25. The van der Waals surface area contributed by atoms with Crippen molar-refractivity contribution in [2.75, 3.05) is 36.5 Å². The number of benzene rings is 1. The van der Waals surface area contributed by atoms with Crippen molar-refractivity contribution in [1.82, 2.24) is 15.0 Å². The van der Waals surface area contributed by atoms with Gasteiger partial charge < -0.3 is 19.7 Å². The molecule has 7 nitrogen and oxygen atoms in total. The van der Waals surface area contributed by atoms with E-state index in [1.54, 1.807) is 17.5 Å². The molecule has 192 valence electrons. The van der Waals surface area contributed by atoms with Crippen LogP contribution in [0.3, 0.4) is 0 Å².